The van der Waals surface area contributed by atoms with Crippen molar-refractivity contribution in [1.29, 1.82) is 0 Å². The van der Waals surface area contributed by atoms with Crippen LogP contribution in [-0.2, 0) is 10.8 Å². The molecule has 0 aliphatic rings. The van der Waals surface area contributed by atoms with Crippen molar-refractivity contribution in [3.05, 3.63) is 47.8 Å². The summed E-state index contributed by atoms with van der Waals surface area (Å²) in [4.78, 5) is 3.49. The first-order valence-electron chi connectivity index (χ1n) is 7.84. The van der Waals surface area contributed by atoms with Gasteiger partial charge in [-0.2, -0.15) is 5.10 Å². The van der Waals surface area contributed by atoms with Crippen molar-refractivity contribution in [2.45, 2.75) is 52.4 Å². The summed E-state index contributed by atoms with van der Waals surface area (Å²) >= 11 is 0. The fraction of sp³-hybridized carbons (Fsp3) is 0.421. The van der Waals surface area contributed by atoms with Crippen molar-refractivity contribution in [1.82, 2.24) is 14.8 Å². The third kappa shape index (κ3) is 2.56. The Morgan fingerprint density at radius 3 is 2.27 bits per heavy atom. The molecule has 22 heavy (non-hydrogen) atoms. The second-order valence-electron chi connectivity index (χ2n) is 8.08. The van der Waals surface area contributed by atoms with Crippen LogP contribution in [0.3, 0.4) is 0 Å². The van der Waals surface area contributed by atoms with E-state index in [-0.39, 0.29) is 10.8 Å². The first-order chi connectivity index (χ1) is 10.2. The van der Waals surface area contributed by atoms with E-state index in [0.29, 0.717) is 0 Å². The SMILES string of the molecule is CC(C)(C)c1ccc2[nH]c(-n3nccc3C(C)(C)C)cc2c1. The Hall–Kier alpha value is -2.03. The van der Waals surface area contributed by atoms with E-state index in [1.54, 1.807) is 0 Å². The van der Waals surface area contributed by atoms with E-state index in [1.807, 2.05) is 10.9 Å². The molecule has 0 fully saturated rings. The number of H-pyrrole nitrogens is 1. The lowest BCUT2D eigenvalue weighted by Gasteiger charge is -2.19. The van der Waals surface area contributed by atoms with Gasteiger partial charge in [0.2, 0.25) is 0 Å². The van der Waals surface area contributed by atoms with Gasteiger partial charge in [-0.1, -0.05) is 47.6 Å². The molecular formula is C19H25N3. The second-order valence-corrected chi connectivity index (χ2v) is 8.08. The van der Waals surface area contributed by atoms with Gasteiger partial charge < -0.3 is 4.98 Å². The molecule has 1 N–H and O–H groups in total. The van der Waals surface area contributed by atoms with Gasteiger partial charge in [-0.3, -0.25) is 0 Å². The van der Waals surface area contributed by atoms with Gasteiger partial charge in [0.15, 0.2) is 0 Å². The maximum Gasteiger partial charge on any atom is 0.132 e. The maximum absolute atomic E-state index is 4.50. The van der Waals surface area contributed by atoms with Crippen LogP contribution in [0.25, 0.3) is 16.7 Å². The Morgan fingerprint density at radius 2 is 1.64 bits per heavy atom. The van der Waals surface area contributed by atoms with Crippen LogP contribution in [0.4, 0.5) is 0 Å². The molecule has 0 bridgehead atoms. The molecule has 3 nitrogen and oxygen atoms in total. The number of hydrogen-bond acceptors (Lipinski definition) is 1. The van der Waals surface area contributed by atoms with E-state index in [0.717, 1.165) is 11.3 Å². The van der Waals surface area contributed by atoms with Crippen LogP contribution in [0.2, 0.25) is 0 Å². The summed E-state index contributed by atoms with van der Waals surface area (Å²) in [6, 6.07) is 10.9. The number of nitrogens with zero attached hydrogens (tertiary/aromatic N) is 2. The first-order valence-corrected chi connectivity index (χ1v) is 7.84. The summed E-state index contributed by atoms with van der Waals surface area (Å²) < 4.78 is 2.01. The molecule has 0 radical (unpaired) electrons. The zero-order valence-corrected chi connectivity index (χ0v) is 14.4. The minimum atomic E-state index is 0.0599. The topological polar surface area (TPSA) is 33.6 Å². The lowest BCUT2D eigenvalue weighted by Crippen LogP contribution is -2.17. The minimum Gasteiger partial charge on any atom is -0.340 e. The van der Waals surface area contributed by atoms with Crippen LogP contribution < -0.4 is 0 Å². The molecule has 0 spiro atoms. The maximum atomic E-state index is 4.50. The number of nitrogens with one attached hydrogen (secondary N) is 1. The Bertz CT molecular complexity index is 807. The predicted molar refractivity (Wildman–Crippen MR) is 92.8 cm³/mol. The second kappa shape index (κ2) is 4.73. The highest BCUT2D eigenvalue weighted by Gasteiger charge is 2.21. The molecule has 3 aromatic rings. The Kier molecular flexibility index (Phi) is 3.20. The van der Waals surface area contributed by atoms with Gasteiger partial charge in [0.1, 0.15) is 5.82 Å². The normalized spacial score (nSPS) is 13.0. The van der Waals surface area contributed by atoms with Crippen molar-refractivity contribution in [3.8, 4) is 5.82 Å². The summed E-state index contributed by atoms with van der Waals surface area (Å²) in [5.74, 6) is 1.02. The van der Waals surface area contributed by atoms with Gasteiger partial charge in [0.25, 0.3) is 0 Å². The van der Waals surface area contributed by atoms with Crippen LogP contribution in [0, 0.1) is 0 Å². The summed E-state index contributed by atoms with van der Waals surface area (Å²) in [6.45, 7) is 13.4. The molecule has 0 saturated heterocycles. The molecule has 2 heterocycles. The first kappa shape index (κ1) is 14.9. The molecule has 1 aromatic carbocycles. The summed E-state index contributed by atoms with van der Waals surface area (Å²) in [6.07, 6.45) is 1.87. The summed E-state index contributed by atoms with van der Waals surface area (Å²) in [5.41, 5.74) is 3.92. The van der Waals surface area contributed by atoms with E-state index in [1.165, 1.54) is 16.6 Å². The fourth-order valence-electron chi connectivity index (χ4n) is 2.76. The smallest absolute Gasteiger partial charge is 0.132 e. The lowest BCUT2D eigenvalue weighted by atomic mass is 9.86. The Balaban J connectivity index is 2.12. The van der Waals surface area contributed by atoms with Crippen LogP contribution >= 0.6 is 0 Å². The van der Waals surface area contributed by atoms with Gasteiger partial charge in [-0.05, 0) is 35.2 Å². The molecule has 0 aliphatic carbocycles. The molecule has 2 aromatic heterocycles. The van der Waals surface area contributed by atoms with Crippen LogP contribution in [0.15, 0.2) is 36.5 Å². The van der Waals surface area contributed by atoms with Crippen LogP contribution in [-0.4, -0.2) is 14.8 Å². The molecule has 0 atom stereocenters. The van der Waals surface area contributed by atoms with Gasteiger partial charge in [0, 0.05) is 22.5 Å². The van der Waals surface area contributed by atoms with E-state index >= 15 is 0 Å². The van der Waals surface area contributed by atoms with Crippen molar-refractivity contribution in [2.24, 2.45) is 0 Å². The highest BCUT2D eigenvalue weighted by atomic mass is 15.3. The largest absolute Gasteiger partial charge is 0.340 e. The number of benzene rings is 1. The Labute approximate surface area is 132 Å². The summed E-state index contributed by atoms with van der Waals surface area (Å²) in [7, 11) is 0. The molecule has 116 valence electrons. The van der Waals surface area contributed by atoms with Crippen molar-refractivity contribution in [3.63, 3.8) is 0 Å². The van der Waals surface area contributed by atoms with E-state index in [9.17, 15) is 0 Å². The highest BCUT2D eigenvalue weighted by Crippen LogP contribution is 2.29. The standard InChI is InChI=1S/C19H25N3/c1-18(2,3)14-7-8-15-13(11-14)12-17(21-15)22-16(9-10-20-22)19(4,5)6/h7-12,21H,1-6H3. The minimum absolute atomic E-state index is 0.0599. The van der Waals surface area contributed by atoms with Crippen LogP contribution in [0.1, 0.15) is 52.8 Å². The van der Waals surface area contributed by atoms with E-state index < -0.39 is 0 Å². The number of hydrogen-bond donors (Lipinski definition) is 1. The highest BCUT2D eigenvalue weighted by molar-refractivity contribution is 5.83. The molecule has 0 saturated carbocycles. The quantitative estimate of drug-likeness (QED) is 0.677. The lowest BCUT2D eigenvalue weighted by molar-refractivity contribution is 0.541. The van der Waals surface area contributed by atoms with Crippen LogP contribution in [0.5, 0.6) is 0 Å². The number of aromatic amines is 1. The van der Waals surface area contributed by atoms with Crippen molar-refractivity contribution in [2.75, 3.05) is 0 Å². The van der Waals surface area contributed by atoms with Gasteiger partial charge in [-0.25, -0.2) is 4.68 Å². The molecule has 3 rings (SSSR count). The average Bonchev–Trinajstić information content (AvgIpc) is 3.02. The predicted octanol–water partition coefficient (Wildman–Crippen LogP) is 4.95. The molecule has 3 heteroatoms. The zero-order chi connectivity index (χ0) is 16.1. The molecular weight excluding hydrogens is 270 g/mol. The molecule has 0 aliphatic heterocycles. The van der Waals surface area contributed by atoms with Crippen molar-refractivity contribution >= 4 is 10.9 Å². The van der Waals surface area contributed by atoms with E-state index in [4.69, 9.17) is 0 Å². The third-order valence-electron chi connectivity index (χ3n) is 4.11. The number of rotatable bonds is 1. The Morgan fingerprint density at radius 1 is 0.909 bits per heavy atom. The number of fused-ring (bicyclic) bond motifs is 1. The van der Waals surface area contributed by atoms with Gasteiger partial charge >= 0.3 is 0 Å². The van der Waals surface area contributed by atoms with Gasteiger partial charge in [-0.15, -0.1) is 0 Å². The third-order valence-corrected chi connectivity index (χ3v) is 4.11. The zero-order valence-electron chi connectivity index (χ0n) is 14.4. The monoisotopic (exact) mass is 295 g/mol. The van der Waals surface area contributed by atoms with Crippen molar-refractivity contribution < 1.29 is 0 Å². The summed E-state index contributed by atoms with van der Waals surface area (Å²) in [5, 5.41) is 5.74. The fourth-order valence-corrected chi connectivity index (χ4v) is 2.76. The van der Waals surface area contributed by atoms with E-state index in [2.05, 4.69) is 82.0 Å². The molecule has 0 unspecified atom stereocenters. The molecule has 0 amide bonds. The van der Waals surface area contributed by atoms with Gasteiger partial charge in [0.05, 0.1) is 5.69 Å². The average molecular weight is 295 g/mol. The number of aromatic nitrogens is 3.